The summed E-state index contributed by atoms with van der Waals surface area (Å²) in [6.07, 6.45) is 1.20. The largest absolute Gasteiger partial charge is 0.457 e. The molecule has 2 rings (SSSR count). The van der Waals surface area contributed by atoms with Crippen LogP contribution < -0.4 is 15.8 Å². The molecular weight excluding hydrogens is 352 g/mol. The molecule has 1 amide bonds. The summed E-state index contributed by atoms with van der Waals surface area (Å²) >= 11 is 0. The van der Waals surface area contributed by atoms with Gasteiger partial charge in [-0.1, -0.05) is 6.07 Å². The summed E-state index contributed by atoms with van der Waals surface area (Å²) in [5.41, 5.74) is 8.53. The predicted molar refractivity (Wildman–Crippen MR) is 103 cm³/mol. The molecule has 7 heteroatoms. The first kappa shape index (κ1) is 19.9. The van der Waals surface area contributed by atoms with Crippen LogP contribution in [0.5, 0.6) is 11.5 Å². The lowest BCUT2D eigenvalue weighted by atomic mass is 10.1. The Bertz CT molecular complexity index is 857. The minimum absolute atomic E-state index is 0.0819. The summed E-state index contributed by atoms with van der Waals surface area (Å²) in [6, 6.07) is 12.0. The molecule has 3 N–H and O–H groups in total. The quantitative estimate of drug-likeness (QED) is 0.774. The highest BCUT2D eigenvalue weighted by Gasteiger charge is 2.16. The van der Waals surface area contributed by atoms with Gasteiger partial charge in [-0.2, -0.15) is 0 Å². The average molecular weight is 376 g/mol. The number of hydrogen-bond donors (Lipinski definition) is 2. The second kappa shape index (κ2) is 8.33. The number of nitrogens with two attached hydrogens (primary N) is 1. The summed E-state index contributed by atoms with van der Waals surface area (Å²) in [5.74, 6) is 0.859. The number of nitrogens with one attached hydrogen (secondary N) is 1. The van der Waals surface area contributed by atoms with Crippen LogP contribution in [0, 0.1) is 13.8 Å². The van der Waals surface area contributed by atoms with Gasteiger partial charge in [-0.05, 0) is 67.8 Å². The number of benzene rings is 2. The first-order chi connectivity index (χ1) is 12.1. The van der Waals surface area contributed by atoms with Crippen LogP contribution in [-0.2, 0) is 14.6 Å². The van der Waals surface area contributed by atoms with Gasteiger partial charge in [0.25, 0.3) is 0 Å². The highest BCUT2D eigenvalue weighted by atomic mass is 32.2. The first-order valence-electron chi connectivity index (χ1n) is 8.23. The van der Waals surface area contributed by atoms with Gasteiger partial charge < -0.3 is 15.8 Å². The van der Waals surface area contributed by atoms with Crippen LogP contribution in [0.2, 0.25) is 0 Å². The Hall–Kier alpha value is -2.38. The third-order valence-corrected chi connectivity index (χ3v) is 4.67. The fourth-order valence-electron chi connectivity index (χ4n) is 2.44. The Kier molecular flexibility index (Phi) is 6.39. The third kappa shape index (κ3) is 6.50. The van der Waals surface area contributed by atoms with E-state index < -0.39 is 21.8 Å². The Morgan fingerprint density at radius 1 is 1.08 bits per heavy atom. The Morgan fingerprint density at radius 2 is 1.65 bits per heavy atom. The maximum atomic E-state index is 12.0. The lowest BCUT2D eigenvalue weighted by Gasteiger charge is -2.12. The number of carbonyl (C=O) groups is 1. The van der Waals surface area contributed by atoms with Gasteiger partial charge >= 0.3 is 0 Å². The van der Waals surface area contributed by atoms with Crippen molar-refractivity contribution in [2.75, 3.05) is 17.3 Å². The molecule has 26 heavy (non-hydrogen) atoms. The van der Waals surface area contributed by atoms with E-state index in [9.17, 15) is 13.2 Å². The van der Waals surface area contributed by atoms with E-state index >= 15 is 0 Å². The van der Waals surface area contributed by atoms with Gasteiger partial charge in [0.05, 0.1) is 11.8 Å². The molecule has 0 aromatic heterocycles. The number of amides is 1. The monoisotopic (exact) mass is 376 g/mol. The zero-order valence-corrected chi connectivity index (χ0v) is 16.0. The summed E-state index contributed by atoms with van der Waals surface area (Å²) in [4.78, 5) is 12.0. The Labute approximate surface area is 154 Å². The molecule has 0 heterocycles. The third-order valence-electron chi connectivity index (χ3n) is 3.69. The molecule has 0 aliphatic carbocycles. The van der Waals surface area contributed by atoms with Gasteiger partial charge in [-0.25, -0.2) is 8.42 Å². The van der Waals surface area contributed by atoms with Gasteiger partial charge in [-0.15, -0.1) is 0 Å². The molecule has 0 aliphatic rings. The number of sulfone groups is 1. The summed E-state index contributed by atoms with van der Waals surface area (Å²) in [7, 11) is -3.14. The predicted octanol–water partition coefficient (Wildman–Crippen LogP) is 2.80. The van der Waals surface area contributed by atoms with E-state index in [4.69, 9.17) is 10.5 Å². The number of ether oxygens (including phenoxy) is 1. The molecule has 0 radical (unpaired) electrons. The maximum absolute atomic E-state index is 12.0. The number of carbonyl (C=O) groups excluding carboxylic acids is 1. The van der Waals surface area contributed by atoms with Gasteiger partial charge in [0.2, 0.25) is 5.91 Å². The molecule has 140 valence electrons. The van der Waals surface area contributed by atoms with Crippen LogP contribution in [0.3, 0.4) is 0 Å². The van der Waals surface area contributed by atoms with Gasteiger partial charge in [0.15, 0.2) is 0 Å². The van der Waals surface area contributed by atoms with E-state index in [-0.39, 0.29) is 12.2 Å². The van der Waals surface area contributed by atoms with Crippen LogP contribution in [-0.4, -0.2) is 32.4 Å². The number of anilines is 1. The smallest absolute Gasteiger partial charge is 0.241 e. The van der Waals surface area contributed by atoms with E-state index in [0.717, 1.165) is 23.1 Å². The molecule has 1 atom stereocenters. The SMILES string of the molecule is Cc1cc(C)cc(Oc2ccc(NC(=O)C(N)CCS(C)(=O)=O)cc2)c1. The van der Waals surface area contributed by atoms with E-state index in [1.165, 1.54) is 0 Å². The molecule has 0 saturated heterocycles. The standard InChI is InChI=1S/C19H24N2O4S/c1-13-10-14(2)12-17(11-13)25-16-6-4-15(5-7-16)21-19(22)18(20)8-9-26(3,23)24/h4-7,10-12,18H,8-9,20H2,1-3H3,(H,21,22). The highest BCUT2D eigenvalue weighted by molar-refractivity contribution is 7.90. The number of hydrogen-bond acceptors (Lipinski definition) is 5. The Balaban J connectivity index is 1.95. The molecule has 1 unspecified atom stereocenters. The van der Waals surface area contributed by atoms with E-state index in [0.29, 0.717) is 11.4 Å². The number of aryl methyl sites for hydroxylation is 2. The molecule has 6 nitrogen and oxygen atoms in total. The zero-order chi connectivity index (χ0) is 19.3. The lowest BCUT2D eigenvalue weighted by molar-refractivity contribution is -0.117. The van der Waals surface area contributed by atoms with Crippen molar-refractivity contribution in [1.82, 2.24) is 0 Å². The van der Waals surface area contributed by atoms with Crippen molar-refractivity contribution in [1.29, 1.82) is 0 Å². The second-order valence-electron chi connectivity index (χ2n) is 6.46. The topological polar surface area (TPSA) is 98.5 Å². The Morgan fingerprint density at radius 3 is 2.19 bits per heavy atom. The molecular formula is C19H24N2O4S. The molecule has 0 bridgehead atoms. The van der Waals surface area contributed by atoms with E-state index in [2.05, 4.69) is 11.4 Å². The molecule has 0 aliphatic heterocycles. The van der Waals surface area contributed by atoms with Crippen LogP contribution in [0.15, 0.2) is 42.5 Å². The lowest BCUT2D eigenvalue weighted by Crippen LogP contribution is -2.37. The second-order valence-corrected chi connectivity index (χ2v) is 8.72. The van der Waals surface area contributed by atoms with Crippen molar-refractivity contribution in [2.45, 2.75) is 26.3 Å². The minimum Gasteiger partial charge on any atom is -0.457 e. The van der Waals surface area contributed by atoms with E-state index in [1.807, 2.05) is 26.0 Å². The summed E-state index contributed by atoms with van der Waals surface area (Å²) in [5, 5.41) is 2.67. The molecule has 2 aromatic carbocycles. The van der Waals surface area contributed by atoms with Crippen molar-refractivity contribution < 1.29 is 17.9 Å². The normalized spacial score (nSPS) is 12.5. The fourth-order valence-corrected chi connectivity index (χ4v) is 3.12. The average Bonchev–Trinajstić information content (AvgIpc) is 2.52. The van der Waals surface area contributed by atoms with Crippen molar-refractivity contribution in [3.8, 4) is 11.5 Å². The van der Waals surface area contributed by atoms with E-state index in [1.54, 1.807) is 24.3 Å². The van der Waals surface area contributed by atoms with Crippen LogP contribution in [0.4, 0.5) is 5.69 Å². The minimum atomic E-state index is -3.14. The summed E-state index contributed by atoms with van der Waals surface area (Å²) in [6.45, 7) is 4.01. The number of rotatable bonds is 7. The van der Waals surface area contributed by atoms with Crippen LogP contribution in [0.1, 0.15) is 17.5 Å². The molecule has 0 fully saturated rings. The van der Waals surface area contributed by atoms with Gasteiger partial charge in [0.1, 0.15) is 21.3 Å². The molecule has 2 aromatic rings. The van der Waals surface area contributed by atoms with Crippen LogP contribution >= 0.6 is 0 Å². The van der Waals surface area contributed by atoms with Crippen molar-refractivity contribution in [3.63, 3.8) is 0 Å². The van der Waals surface area contributed by atoms with Gasteiger partial charge in [0, 0.05) is 11.9 Å². The van der Waals surface area contributed by atoms with Gasteiger partial charge in [-0.3, -0.25) is 4.79 Å². The highest BCUT2D eigenvalue weighted by Crippen LogP contribution is 2.25. The molecule has 0 spiro atoms. The zero-order valence-electron chi connectivity index (χ0n) is 15.2. The summed E-state index contributed by atoms with van der Waals surface area (Å²) < 4.78 is 28.1. The fraction of sp³-hybridized carbons (Fsp3) is 0.316. The maximum Gasteiger partial charge on any atom is 0.241 e. The van der Waals surface area contributed by atoms with Crippen molar-refractivity contribution >= 4 is 21.4 Å². The molecule has 0 saturated carbocycles. The first-order valence-corrected chi connectivity index (χ1v) is 10.3. The van der Waals surface area contributed by atoms with Crippen LogP contribution in [0.25, 0.3) is 0 Å². The van der Waals surface area contributed by atoms with Crippen molar-refractivity contribution in [2.24, 2.45) is 5.73 Å². The van der Waals surface area contributed by atoms with Crippen molar-refractivity contribution in [3.05, 3.63) is 53.6 Å².